The van der Waals surface area contributed by atoms with Crippen LogP contribution >= 0.6 is 0 Å². The van der Waals surface area contributed by atoms with E-state index in [0.717, 1.165) is 18.8 Å². The molecule has 0 aliphatic carbocycles. The average Bonchev–Trinajstić information content (AvgIpc) is 2.64. The van der Waals surface area contributed by atoms with Gasteiger partial charge in [0, 0.05) is 6.54 Å². The zero-order valence-corrected chi connectivity index (χ0v) is 7.54. The van der Waals surface area contributed by atoms with Gasteiger partial charge in [-0.2, -0.15) is 0 Å². The van der Waals surface area contributed by atoms with E-state index in [0.29, 0.717) is 6.04 Å². The van der Waals surface area contributed by atoms with Crippen molar-refractivity contribution in [2.45, 2.75) is 26.3 Å². The quantitative estimate of drug-likeness (QED) is 0.658. The fourth-order valence-electron chi connectivity index (χ4n) is 1.62. The lowest BCUT2D eigenvalue weighted by molar-refractivity contribution is 0.466. The summed E-state index contributed by atoms with van der Waals surface area (Å²) in [6, 6.07) is 0.520. The fourth-order valence-corrected chi connectivity index (χ4v) is 1.62. The third kappa shape index (κ3) is 1.12. The van der Waals surface area contributed by atoms with Crippen molar-refractivity contribution in [2.75, 3.05) is 13.1 Å². The topological polar surface area (TPSA) is 42.7 Å². The van der Waals surface area contributed by atoms with Crippen LogP contribution in [0.2, 0.25) is 0 Å². The normalized spacial score (nSPS) is 23.3. The molecule has 1 aromatic heterocycles. The van der Waals surface area contributed by atoms with E-state index in [2.05, 4.69) is 22.6 Å². The molecule has 0 bridgehead atoms. The first-order valence-corrected chi connectivity index (χ1v) is 4.38. The Kier molecular flexibility index (Phi) is 1.84. The number of aromatic nitrogens is 3. The van der Waals surface area contributed by atoms with Gasteiger partial charge in [0.1, 0.15) is 0 Å². The summed E-state index contributed by atoms with van der Waals surface area (Å²) in [5.41, 5.74) is 2.24. The monoisotopic (exact) mass is 166 g/mol. The highest BCUT2D eigenvalue weighted by atomic mass is 15.4. The molecule has 1 saturated heterocycles. The third-order valence-electron chi connectivity index (χ3n) is 2.54. The van der Waals surface area contributed by atoms with Crippen LogP contribution in [0.25, 0.3) is 0 Å². The molecule has 1 fully saturated rings. The van der Waals surface area contributed by atoms with Crippen LogP contribution in [-0.2, 0) is 0 Å². The van der Waals surface area contributed by atoms with Gasteiger partial charge in [0.05, 0.1) is 17.4 Å². The lowest BCUT2D eigenvalue weighted by Gasteiger charge is -2.09. The maximum Gasteiger partial charge on any atom is 0.0825 e. The highest BCUT2D eigenvalue weighted by Crippen LogP contribution is 2.16. The van der Waals surface area contributed by atoms with Gasteiger partial charge in [0.15, 0.2) is 0 Å². The molecule has 0 amide bonds. The first kappa shape index (κ1) is 7.73. The molecule has 1 N–H and O–H groups in total. The molecule has 0 saturated carbocycles. The predicted octanol–water partition coefficient (Wildman–Crippen LogP) is 0.429. The van der Waals surface area contributed by atoms with Crippen molar-refractivity contribution in [3.8, 4) is 0 Å². The van der Waals surface area contributed by atoms with Gasteiger partial charge in [0.2, 0.25) is 0 Å². The van der Waals surface area contributed by atoms with Crippen LogP contribution < -0.4 is 5.32 Å². The van der Waals surface area contributed by atoms with Gasteiger partial charge >= 0.3 is 0 Å². The zero-order chi connectivity index (χ0) is 8.55. The van der Waals surface area contributed by atoms with E-state index in [9.17, 15) is 0 Å². The molecule has 2 rings (SSSR count). The molecule has 1 unspecified atom stereocenters. The SMILES string of the molecule is Cc1nnn(C2CCNC2)c1C. The molecule has 1 atom stereocenters. The number of nitrogens with one attached hydrogen (secondary N) is 1. The van der Waals surface area contributed by atoms with E-state index in [4.69, 9.17) is 0 Å². The summed E-state index contributed by atoms with van der Waals surface area (Å²) in [4.78, 5) is 0. The van der Waals surface area contributed by atoms with Crippen molar-refractivity contribution in [2.24, 2.45) is 0 Å². The summed E-state index contributed by atoms with van der Waals surface area (Å²) in [5, 5.41) is 11.5. The van der Waals surface area contributed by atoms with E-state index >= 15 is 0 Å². The summed E-state index contributed by atoms with van der Waals surface area (Å²) in [7, 11) is 0. The molecule has 1 aliphatic heterocycles. The summed E-state index contributed by atoms with van der Waals surface area (Å²) < 4.78 is 2.04. The summed E-state index contributed by atoms with van der Waals surface area (Å²) >= 11 is 0. The molecule has 1 aliphatic rings. The first-order chi connectivity index (χ1) is 5.79. The molecule has 0 radical (unpaired) electrons. The second-order valence-electron chi connectivity index (χ2n) is 3.35. The molecule has 12 heavy (non-hydrogen) atoms. The van der Waals surface area contributed by atoms with Gasteiger partial charge in [-0.1, -0.05) is 5.21 Å². The number of nitrogens with zero attached hydrogens (tertiary/aromatic N) is 3. The minimum Gasteiger partial charge on any atom is -0.315 e. The molecule has 4 heteroatoms. The van der Waals surface area contributed by atoms with Crippen LogP contribution in [0.15, 0.2) is 0 Å². The summed E-state index contributed by atoms with van der Waals surface area (Å²) in [6.45, 7) is 6.21. The molecule has 2 heterocycles. The lowest BCUT2D eigenvalue weighted by Crippen LogP contribution is -2.15. The minimum absolute atomic E-state index is 0.520. The molecule has 1 aromatic rings. The summed E-state index contributed by atoms with van der Waals surface area (Å²) in [6.07, 6.45) is 1.17. The molecular weight excluding hydrogens is 152 g/mol. The van der Waals surface area contributed by atoms with Crippen molar-refractivity contribution in [3.63, 3.8) is 0 Å². The van der Waals surface area contributed by atoms with Gasteiger partial charge in [0.25, 0.3) is 0 Å². The molecule has 0 aromatic carbocycles. The third-order valence-corrected chi connectivity index (χ3v) is 2.54. The zero-order valence-electron chi connectivity index (χ0n) is 7.54. The van der Waals surface area contributed by atoms with Crippen LogP contribution in [0, 0.1) is 13.8 Å². The van der Waals surface area contributed by atoms with Crippen LogP contribution in [0.1, 0.15) is 23.9 Å². The van der Waals surface area contributed by atoms with Crippen molar-refractivity contribution >= 4 is 0 Å². The Labute approximate surface area is 72.0 Å². The fraction of sp³-hybridized carbons (Fsp3) is 0.750. The predicted molar refractivity (Wildman–Crippen MR) is 46.0 cm³/mol. The van der Waals surface area contributed by atoms with E-state index in [1.807, 2.05) is 11.6 Å². The van der Waals surface area contributed by atoms with Crippen LogP contribution in [0.4, 0.5) is 0 Å². The lowest BCUT2D eigenvalue weighted by atomic mass is 10.2. The number of aryl methyl sites for hydroxylation is 1. The standard InChI is InChI=1S/C8H14N4/c1-6-7(2)12(11-10-6)8-3-4-9-5-8/h8-9H,3-5H2,1-2H3. The van der Waals surface area contributed by atoms with Gasteiger partial charge in [-0.3, -0.25) is 0 Å². The summed E-state index contributed by atoms with van der Waals surface area (Å²) in [5.74, 6) is 0. The van der Waals surface area contributed by atoms with Crippen LogP contribution in [0.5, 0.6) is 0 Å². The highest BCUT2D eigenvalue weighted by Gasteiger charge is 2.19. The smallest absolute Gasteiger partial charge is 0.0825 e. The minimum atomic E-state index is 0.520. The molecule has 0 spiro atoms. The van der Waals surface area contributed by atoms with Crippen LogP contribution in [0.3, 0.4) is 0 Å². The van der Waals surface area contributed by atoms with E-state index in [1.54, 1.807) is 0 Å². The Balaban J connectivity index is 2.26. The maximum atomic E-state index is 4.12. The maximum absolute atomic E-state index is 4.12. The number of hydrogen-bond donors (Lipinski definition) is 1. The van der Waals surface area contributed by atoms with Gasteiger partial charge in [-0.25, -0.2) is 4.68 Å². The van der Waals surface area contributed by atoms with Crippen molar-refractivity contribution < 1.29 is 0 Å². The van der Waals surface area contributed by atoms with E-state index in [1.165, 1.54) is 12.1 Å². The second-order valence-corrected chi connectivity index (χ2v) is 3.35. The Hall–Kier alpha value is -0.900. The second kappa shape index (κ2) is 2.86. The molecule has 4 nitrogen and oxygen atoms in total. The van der Waals surface area contributed by atoms with Crippen molar-refractivity contribution in [3.05, 3.63) is 11.4 Å². The van der Waals surface area contributed by atoms with Gasteiger partial charge in [-0.05, 0) is 26.8 Å². The van der Waals surface area contributed by atoms with E-state index < -0.39 is 0 Å². The van der Waals surface area contributed by atoms with E-state index in [-0.39, 0.29) is 0 Å². The number of rotatable bonds is 1. The Bertz CT molecular complexity index is 273. The Morgan fingerprint density at radius 2 is 2.33 bits per heavy atom. The van der Waals surface area contributed by atoms with Crippen LogP contribution in [-0.4, -0.2) is 28.1 Å². The van der Waals surface area contributed by atoms with Crippen molar-refractivity contribution in [1.82, 2.24) is 20.3 Å². The Morgan fingerprint density at radius 3 is 2.83 bits per heavy atom. The molecular formula is C8H14N4. The number of hydrogen-bond acceptors (Lipinski definition) is 3. The molecule has 66 valence electrons. The Morgan fingerprint density at radius 1 is 1.50 bits per heavy atom. The van der Waals surface area contributed by atoms with Gasteiger partial charge in [-0.15, -0.1) is 5.10 Å². The van der Waals surface area contributed by atoms with Crippen molar-refractivity contribution in [1.29, 1.82) is 0 Å². The first-order valence-electron chi connectivity index (χ1n) is 4.38. The van der Waals surface area contributed by atoms with Gasteiger partial charge < -0.3 is 5.32 Å². The average molecular weight is 166 g/mol. The highest BCUT2D eigenvalue weighted by molar-refractivity contribution is 5.06. The largest absolute Gasteiger partial charge is 0.315 e.